The molecule has 13 rings (SSSR count). The predicted octanol–water partition coefficient (Wildman–Crippen LogP) is 17.6. The van der Waals surface area contributed by atoms with Gasteiger partial charge in [-0.3, -0.25) is 0 Å². The average molecular weight is 854 g/mol. The first-order valence-electron chi connectivity index (χ1n) is 23.1. The van der Waals surface area contributed by atoms with E-state index >= 15 is 0 Å². The molecule has 11 aromatic carbocycles. The van der Waals surface area contributed by atoms with E-state index in [2.05, 4.69) is 266 Å². The van der Waals surface area contributed by atoms with Gasteiger partial charge in [-0.15, -0.1) is 0 Å². The molecule has 0 saturated heterocycles. The third-order valence-corrected chi connectivity index (χ3v) is 14.0. The van der Waals surface area contributed by atoms with E-state index in [9.17, 15) is 0 Å². The maximum atomic E-state index is 6.78. The van der Waals surface area contributed by atoms with Gasteiger partial charge in [0.1, 0.15) is 11.2 Å². The van der Waals surface area contributed by atoms with Crippen LogP contribution in [0.5, 0.6) is 0 Å². The zero-order valence-electron chi connectivity index (χ0n) is 36.7. The highest BCUT2D eigenvalue weighted by atomic mass is 16.3. The zero-order chi connectivity index (χ0) is 44.3. The van der Waals surface area contributed by atoms with Crippen molar-refractivity contribution in [2.24, 2.45) is 0 Å². The molecule has 0 aliphatic heterocycles. The van der Waals surface area contributed by atoms with E-state index in [-0.39, 0.29) is 0 Å². The van der Waals surface area contributed by atoms with E-state index in [4.69, 9.17) is 4.42 Å². The summed E-state index contributed by atoms with van der Waals surface area (Å²) >= 11 is 0. The second kappa shape index (κ2) is 15.8. The van der Waals surface area contributed by atoms with Crippen molar-refractivity contribution in [1.29, 1.82) is 0 Å². The van der Waals surface area contributed by atoms with Crippen molar-refractivity contribution in [1.82, 2.24) is 0 Å². The fourth-order valence-corrected chi connectivity index (χ4v) is 11.0. The van der Waals surface area contributed by atoms with Crippen LogP contribution in [-0.2, 0) is 5.41 Å². The second-order valence-electron chi connectivity index (χ2n) is 17.5. The lowest BCUT2D eigenvalue weighted by Crippen LogP contribution is -2.28. The molecule has 12 aromatic rings. The molecule has 1 aliphatic rings. The van der Waals surface area contributed by atoms with Crippen LogP contribution in [0.15, 0.2) is 265 Å². The maximum Gasteiger partial charge on any atom is 0.143 e. The van der Waals surface area contributed by atoms with Crippen molar-refractivity contribution < 1.29 is 4.42 Å². The fourth-order valence-electron chi connectivity index (χ4n) is 11.0. The number of nitrogens with zero attached hydrogens (tertiary/aromatic N) is 1. The normalized spacial score (nSPS) is 12.6. The molecule has 2 nitrogen and oxygen atoms in total. The van der Waals surface area contributed by atoms with Crippen molar-refractivity contribution in [3.05, 3.63) is 283 Å². The second-order valence-corrected chi connectivity index (χ2v) is 17.5. The van der Waals surface area contributed by atoms with E-state index < -0.39 is 5.41 Å². The van der Waals surface area contributed by atoms with E-state index in [1.165, 1.54) is 50.1 Å². The number of hydrogen-bond donors (Lipinski definition) is 0. The lowest BCUT2D eigenvalue weighted by Gasteiger charge is -2.34. The van der Waals surface area contributed by atoms with Crippen molar-refractivity contribution in [3.8, 4) is 44.5 Å². The Morgan fingerprint density at radius 2 is 0.851 bits per heavy atom. The van der Waals surface area contributed by atoms with Gasteiger partial charge in [-0.2, -0.15) is 0 Å². The van der Waals surface area contributed by atoms with Gasteiger partial charge in [0.05, 0.1) is 16.8 Å². The number of anilines is 3. The molecule has 1 aromatic heterocycles. The first-order chi connectivity index (χ1) is 33.3. The zero-order valence-corrected chi connectivity index (χ0v) is 36.7. The first kappa shape index (κ1) is 38.7. The van der Waals surface area contributed by atoms with Crippen LogP contribution in [0.3, 0.4) is 0 Å². The molecule has 314 valence electrons. The van der Waals surface area contributed by atoms with Gasteiger partial charge in [0.15, 0.2) is 0 Å². The van der Waals surface area contributed by atoms with Crippen LogP contribution in [-0.4, -0.2) is 0 Å². The number of benzene rings is 11. The van der Waals surface area contributed by atoms with Gasteiger partial charge in [-0.1, -0.05) is 224 Å². The van der Waals surface area contributed by atoms with Crippen molar-refractivity contribution in [2.75, 3.05) is 4.90 Å². The summed E-state index contributed by atoms with van der Waals surface area (Å²) < 4.78 is 6.78. The molecule has 0 atom stereocenters. The Kier molecular flexibility index (Phi) is 9.11. The summed E-state index contributed by atoms with van der Waals surface area (Å²) in [6.07, 6.45) is 0. The van der Waals surface area contributed by atoms with Gasteiger partial charge < -0.3 is 9.32 Å². The number of fused-ring (bicyclic) bond motifs is 8. The molecule has 0 N–H and O–H groups in total. The smallest absolute Gasteiger partial charge is 0.143 e. The topological polar surface area (TPSA) is 16.4 Å². The van der Waals surface area contributed by atoms with E-state index in [0.29, 0.717) is 0 Å². The van der Waals surface area contributed by atoms with Gasteiger partial charge >= 0.3 is 0 Å². The summed E-state index contributed by atoms with van der Waals surface area (Å²) in [7, 11) is 0. The summed E-state index contributed by atoms with van der Waals surface area (Å²) in [6, 6.07) is 95.0. The Balaban J connectivity index is 1.05. The molecule has 2 heteroatoms. The molecule has 1 aliphatic carbocycles. The van der Waals surface area contributed by atoms with Crippen LogP contribution in [0.4, 0.5) is 17.1 Å². The van der Waals surface area contributed by atoms with Crippen LogP contribution < -0.4 is 4.90 Å². The van der Waals surface area contributed by atoms with Crippen LogP contribution in [0.25, 0.3) is 77.2 Å². The Morgan fingerprint density at radius 3 is 1.57 bits per heavy atom. The minimum atomic E-state index is -0.546. The predicted molar refractivity (Wildman–Crippen MR) is 280 cm³/mol. The highest BCUT2D eigenvalue weighted by Crippen LogP contribution is 2.60. The van der Waals surface area contributed by atoms with Gasteiger partial charge in [0.25, 0.3) is 0 Å². The molecule has 0 spiro atoms. The van der Waals surface area contributed by atoms with Crippen molar-refractivity contribution >= 4 is 49.8 Å². The van der Waals surface area contributed by atoms with Crippen LogP contribution in [0.1, 0.15) is 22.3 Å². The van der Waals surface area contributed by atoms with E-state index in [1.807, 2.05) is 0 Å². The van der Waals surface area contributed by atoms with Crippen molar-refractivity contribution in [2.45, 2.75) is 5.41 Å². The summed E-state index contributed by atoms with van der Waals surface area (Å²) in [4.78, 5) is 2.50. The molecule has 0 radical (unpaired) electrons. The van der Waals surface area contributed by atoms with Gasteiger partial charge in [0.2, 0.25) is 0 Å². The molecule has 1 heterocycles. The molecule has 0 fully saturated rings. The summed E-state index contributed by atoms with van der Waals surface area (Å²) in [5, 5.41) is 4.50. The Bertz CT molecular complexity index is 3740. The number of hydrogen-bond acceptors (Lipinski definition) is 2. The molecular formula is C65H43NO. The monoisotopic (exact) mass is 853 g/mol. The Hall–Kier alpha value is -8.72. The van der Waals surface area contributed by atoms with Crippen LogP contribution in [0, 0.1) is 0 Å². The minimum Gasteiger partial charge on any atom is -0.455 e. The molecule has 0 saturated carbocycles. The first-order valence-corrected chi connectivity index (χ1v) is 23.1. The number of rotatable bonds is 8. The van der Waals surface area contributed by atoms with Crippen LogP contribution >= 0.6 is 0 Å². The fraction of sp³-hybridized carbons (Fsp3) is 0.0154. The molecule has 67 heavy (non-hydrogen) atoms. The standard InChI is InChI=1S/C65H43NO/c1-4-18-44(19-5-1)45-34-36-46(37-35-45)47-38-41-51(42-39-47)66(59-31-15-13-26-53(59)54-28-16-33-61-62(54)56-43-40-48-20-10-11-25-52(48)64(56)67-61)60-32-17-30-58-63(60)55-27-12-14-29-57(55)65(58,49-21-6-2-7-22-49)50-23-8-3-9-24-50/h1-43H. The van der Waals surface area contributed by atoms with E-state index in [1.54, 1.807) is 0 Å². The summed E-state index contributed by atoms with van der Waals surface area (Å²) in [6.45, 7) is 0. The lowest BCUT2D eigenvalue weighted by molar-refractivity contribution is 0.673. The van der Waals surface area contributed by atoms with Gasteiger partial charge in [-0.25, -0.2) is 0 Å². The highest BCUT2D eigenvalue weighted by molar-refractivity contribution is 6.20. The minimum absolute atomic E-state index is 0.546. The highest BCUT2D eigenvalue weighted by Gasteiger charge is 2.47. The average Bonchev–Trinajstić information content (AvgIpc) is 3.95. The third kappa shape index (κ3) is 6.11. The quantitative estimate of drug-likeness (QED) is 0.151. The molecule has 0 unspecified atom stereocenters. The van der Waals surface area contributed by atoms with Gasteiger partial charge in [0, 0.05) is 33.0 Å². The van der Waals surface area contributed by atoms with Crippen LogP contribution in [0.2, 0.25) is 0 Å². The maximum absolute atomic E-state index is 6.78. The summed E-state index contributed by atoms with van der Waals surface area (Å²) in [5.41, 5.74) is 19.0. The molecular weight excluding hydrogens is 811 g/mol. The molecule has 0 amide bonds. The van der Waals surface area contributed by atoms with E-state index in [0.717, 1.165) is 66.5 Å². The Morgan fingerprint density at radius 1 is 0.328 bits per heavy atom. The number of furan rings is 1. The molecule has 0 bridgehead atoms. The SMILES string of the molecule is c1ccc(-c2ccc(-c3ccc(N(c4ccccc4-c4cccc5oc6c7ccccc7ccc6c45)c4cccc5c4-c4ccccc4C5(c4ccccc4)c4ccccc4)cc3)cc2)cc1. The van der Waals surface area contributed by atoms with Crippen molar-refractivity contribution in [3.63, 3.8) is 0 Å². The summed E-state index contributed by atoms with van der Waals surface area (Å²) in [5.74, 6) is 0. The largest absolute Gasteiger partial charge is 0.455 e. The van der Waals surface area contributed by atoms with Gasteiger partial charge in [-0.05, 0) is 97.4 Å². The third-order valence-electron chi connectivity index (χ3n) is 14.0. The Labute approximate surface area is 390 Å². The lowest BCUT2D eigenvalue weighted by atomic mass is 9.68. The number of para-hydroxylation sites is 1.